The number of aliphatic hydroxyl groups is 1. The monoisotopic (exact) mass is 318 g/mol. The Hall–Kier alpha value is -0.280. The van der Waals surface area contributed by atoms with Crippen molar-refractivity contribution < 1.29 is 33.5 Å². The van der Waals surface area contributed by atoms with Gasteiger partial charge in [-0.1, -0.05) is 0 Å². The summed E-state index contributed by atoms with van der Waals surface area (Å²) in [7, 11) is 1.49. The van der Waals surface area contributed by atoms with E-state index >= 15 is 0 Å². The van der Waals surface area contributed by atoms with Crippen molar-refractivity contribution in [2.75, 3.05) is 13.7 Å². The summed E-state index contributed by atoms with van der Waals surface area (Å²) < 4.78 is 34.9. The minimum Gasteiger partial charge on any atom is -0.382 e. The molecule has 7 nitrogen and oxygen atoms in total. The number of hydrogen-bond donors (Lipinski definition) is 1. The third-order valence-electron chi connectivity index (χ3n) is 4.40. The van der Waals surface area contributed by atoms with Crippen molar-refractivity contribution in [1.82, 2.24) is 0 Å². The van der Waals surface area contributed by atoms with E-state index in [2.05, 4.69) is 0 Å². The third-order valence-corrected chi connectivity index (χ3v) is 4.40. The van der Waals surface area contributed by atoms with Gasteiger partial charge in [-0.25, -0.2) is 0 Å². The Bertz CT molecular complexity index is 434. The Kier molecular flexibility index (Phi) is 3.85. The zero-order valence-electron chi connectivity index (χ0n) is 14.0. The van der Waals surface area contributed by atoms with Gasteiger partial charge in [0, 0.05) is 7.11 Å². The topological polar surface area (TPSA) is 75.6 Å². The molecule has 0 aromatic heterocycles. The van der Waals surface area contributed by atoms with Gasteiger partial charge in [0.05, 0.1) is 6.61 Å². The molecule has 1 N–H and O–H groups in total. The highest BCUT2D eigenvalue weighted by Gasteiger charge is 2.62. The van der Waals surface area contributed by atoms with Crippen LogP contribution in [0.5, 0.6) is 0 Å². The second kappa shape index (κ2) is 5.11. The molecule has 22 heavy (non-hydrogen) atoms. The fourth-order valence-corrected chi connectivity index (χ4v) is 3.42. The molecular weight excluding hydrogens is 292 g/mol. The Morgan fingerprint density at radius 3 is 2.23 bits per heavy atom. The van der Waals surface area contributed by atoms with E-state index in [-0.39, 0.29) is 0 Å². The zero-order chi connectivity index (χ0) is 16.3. The molecule has 3 aliphatic rings. The van der Waals surface area contributed by atoms with Crippen molar-refractivity contribution >= 4 is 0 Å². The maximum atomic E-state index is 10.9. The first kappa shape index (κ1) is 16.6. The SMILES string of the molecule is CO[C@H]1OC2COC(C)(C)O[C@@H]2[C@@H]2OC(C)(C)OC2C1(C)O. The molecule has 3 unspecified atom stereocenters. The average Bonchev–Trinajstić information content (AvgIpc) is 2.69. The average molecular weight is 318 g/mol. The fraction of sp³-hybridized carbons (Fsp3) is 1.00. The molecule has 128 valence electrons. The number of hydrogen-bond acceptors (Lipinski definition) is 7. The molecule has 3 saturated heterocycles. The van der Waals surface area contributed by atoms with E-state index in [0.717, 1.165) is 0 Å². The summed E-state index contributed by atoms with van der Waals surface area (Å²) in [5, 5.41) is 10.9. The summed E-state index contributed by atoms with van der Waals surface area (Å²) in [6, 6.07) is 0. The highest BCUT2D eigenvalue weighted by atomic mass is 16.8. The van der Waals surface area contributed by atoms with E-state index in [4.69, 9.17) is 28.4 Å². The molecule has 0 aliphatic carbocycles. The van der Waals surface area contributed by atoms with Gasteiger partial charge in [0.25, 0.3) is 0 Å². The first-order valence-corrected chi connectivity index (χ1v) is 7.64. The van der Waals surface area contributed by atoms with Gasteiger partial charge < -0.3 is 33.5 Å². The highest BCUT2D eigenvalue weighted by molar-refractivity contribution is 5.05. The lowest BCUT2D eigenvalue weighted by Crippen LogP contribution is -2.57. The zero-order valence-corrected chi connectivity index (χ0v) is 14.0. The molecule has 0 radical (unpaired) electrons. The van der Waals surface area contributed by atoms with Crippen LogP contribution >= 0.6 is 0 Å². The molecular formula is C15H26O7. The number of methoxy groups -OCH3 is 1. The van der Waals surface area contributed by atoms with Crippen molar-refractivity contribution in [3.63, 3.8) is 0 Å². The van der Waals surface area contributed by atoms with E-state index in [1.54, 1.807) is 6.92 Å². The van der Waals surface area contributed by atoms with Gasteiger partial charge in [-0.15, -0.1) is 0 Å². The molecule has 0 bridgehead atoms. The van der Waals surface area contributed by atoms with Gasteiger partial charge >= 0.3 is 0 Å². The molecule has 3 aliphatic heterocycles. The van der Waals surface area contributed by atoms with Gasteiger partial charge in [0.15, 0.2) is 17.9 Å². The van der Waals surface area contributed by atoms with E-state index in [1.165, 1.54) is 7.11 Å². The molecule has 0 aromatic rings. The number of fused-ring (bicyclic) bond motifs is 3. The molecule has 6 atom stereocenters. The molecule has 3 heterocycles. The molecule has 7 heteroatoms. The largest absolute Gasteiger partial charge is 0.382 e. The number of rotatable bonds is 1. The fourth-order valence-electron chi connectivity index (χ4n) is 3.42. The summed E-state index contributed by atoms with van der Waals surface area (Å²) in [4.78, 5) is 0. The van der Waals surface area contributed by atoms with Crippen LogP contribution in [0.4, 0.5) is 0 Å². The van der Waals surface area contributed by atoms with Crippen molar-refractivity contribution in [2.24, 2.45) is 0 Å². The van der Waals surface area contributed by atoms with E-state index in [1.807, 2.05) is 27.7 Å². The summed E-state index contributed by atoms with van der Waals surface area (Å²) in [6.45, 7) is 9.29. The van der Waals surface area contributed by atoms with Crippen LogP contribution in [-0.2, 0) is 28.4 Å². The quantitative estimate of drug-likeness (QED) is 0.765. The summed E-state index contributed by atoms with van der Waals surface area (Å²) >= 11 is 0. The Labute approximate surface area is 130 Å². The van der Waals surface area contributed by atoms with Gasteiger partial charge in [0.1, 0.15) is 30.0 Å². The lowest BCUT2D eigenvalue weighted by atomic mass is 9.91. The minimum atomic E-state index is -1.38. The van der Waals surface area contributed by atoms with Crippen molar-refractivity contribution in [1.29, 1.82) is 0 Å². The maximum Gasteiger partial charge on any atom is 0.188 e. The smallest absolute Gasteiger partial charge is 0.188 e. The molecule has 0 aromatic carbocycles. The van der Waals surface area contributed by atoms with Gasteiger partial charge in [-0.3, -0.25) is 0 Å². The highest BCUT2D eigenvalue weighted by Crippen LogP contribution is 2.44. The third kappa shape index (κ3) is 2.69. The Balaban J connectivity index is 1.98. The number of ether oxygens (including phenoxy) is 6. The van der Waals surface area contributed by atoms with E-state index < -0.39 is 47.9 Å². The van der Waals surface area contributed by atoms with Crippen LogP contribution < -0.4 is 0 Å². The van der Waals surface area contributed by atoms with Crippen molar-refractivity contribution in [3.05, 3.63) is 0 Å². The van der Waals surface area contributed by atoms with Gasteiger partial charge in [0.2, 0.25) is 0 Å². The Morgan fingerprint density at radius 1 is 0.955 bits per heavy atom. The second-order valence-corrected chi connectivity index (χ2v) is 7.28. The lowest BCUT2D eigenvalue weighted by molar-refractivity contribution is -0.345. The van der Waals surface area contributed by atoms with Gasteiger partial charge in [-0.05, 0) is 34.6 Å². The van der Waals surface area contributed by atoms with Crippen molar-refractivity contribution in [2.45, 2.75) is 82.5 Å². The van der Waals surface area contributed by atoms with Crippen LogP contribution in [0.1, 0.15) is 34.6 Å². The Morgan fingerprint density at radius 2 is 1.59 bits per heavy atom. The molecule has 0 amide bonds. The lowest BCUT2D eigenvalue weighted by Gasteiger charge is -2.42. The molecule has 3 fully saturated rings. The maximum absolute atomic E-state index is 10.9. The van der Waals surface area contributed by atoms with Crippen LogP contribution in [0.3, 0.4) is 0 Å². The van der Waals surface area contributed by atoms with Crippen LogP contribution in [-0.4, -0.2) is 66.7 Å². The van der Waals surface area contributed by atoms with Gasteiger partial charge in [-0.2, -0.15) is 0 Å². The van der Waals surface area contributed by atoms with Crippen LogP contribution in [0.25, 0.3) is 0 Å². The van der Waals surface area contributed by atoms with Crippen LogP contribution in [0.15, 0.2) is 0 Å². The summed E-state index contributed by atoms with van der Waals surface area (Å²) in [6.07, 6.45) is -2.78. The second-order valence-electron chi connectivity index (χ2n) is 7.28. The summed E-state index contributed by atoms with van der Waals surface area (Å²) in [5.41, 5.74) is -1.38. The van der Waals surface area contributed by atoms with Crippen molar-refractivity contribution in [3.8, 4) is 0 Å². The normalized spacial score (nSPS) is 50.0. The van der Waals surface area contributed by atoms with E-state index in [0.29, 0.717) is 6.61 Å². The standard InChI is InChI=1S/C15H26O7/c1-13(2)18-7-8-9(20-13)10-11(22-14(3,4)21-10)15(5,16)12(17-6)19-8/h8-12,16H,7H2,1-6H3/t8?,9-,10-,11?,12-,15?/m0/s1. The summed E-state index contributed by atoms with van der Waals surface area (Å²) in [5.74, 6) is -1.56. The van der Waals surface area contributed by atoms with Crippen LogP contribution in [0, 0.1) is 0 Å². The van der Waals surface area contributed by atoms with E-state index in [9.17, 15) is 5.11 Å². The molecule has 0 spiro atoms. The molecule has 0 saturated carbocycles. The first-order chi connectivity index (χ1) is 10.1. The minimum absolute atomic E-state index is 0.334. The molecule has 3 rings (SSSR count). The predicted octanol–water partition coefficient (Wildman–Crippen LogP) is 0.780. The van der Waals surface area contributed by atoms with Crippen LogP contribution in [0.2, 0.25) is 0 Å². The predicted molar refractivity (Wildman–Crippen MR) is 75.0 cm³/mol. The first-order valence-electron chi connectivity index (χ1n) is 7.64.